The van der Waals surface area contributed by atoms with Crippen molar-refractivity contribution in [2.75, 3.05) is 25.0 Å². The Balaban J connectivity index is 1.60. The van der Waals surface area contributed by atoms with Crippen molar-refractivity contribution in [2.45, 2.75) is 46.3 Å². The Hall–Kier alpha value is -2.02. The van der Waals surface area contributed by atoms with Crippen molar-refractivity contribution in [3.63, 3.8) is 0 Å². The van der Waals surface area contributed by atoms with Crippen LogP contribution in [0, 0.1) is 20.8 Å². The van der Waals surface area contributed by atoms with Crippen molar-refractivity contribution in [1.82, 2.24) is 14.9 Å². The van der Waals surface area contributed by atoms with Crippen molar-refractivity contribution < 1.29 is 5.11 Å². The third-order valence-corrected chi connectivity index (χ3v) is 6.63. The van der Waals surface area contributed by atoms with Crippen molar-refractivity contribution in [3.8, 4) is 0 Å². The maximum absolute atomic E-state index is 10.6. The molecular formula is C22H28N4OS. The molecule has 0 saturated carbocycles. The van der Waals surface area contributed by atoms with Crippen LogP contribution in [0.3, 0.4) is 0 Å². The second kappa shape index (κ2) is 8.15. The predicted octanol–water partition coefficient (Wildman–Crippen LogP) is 4.36. The monoisotopic (exact) mass is 396 g/mol. The molecule has 3 aromatic rings. The first-order valence-corrected chi connectivity index (χ1v) is 10.8. The van der Waals surface area contributed by atoms with Gasteiger partial charge in [-0.25, -0.2) is 9.97 Å². The third-order valence-electron chi connectivity index (χ3n) is 5.53. The summed E-state index contributed by atoms with van der Waals surface area (Å²) in [4.78, 5) is 14.4. The lowest BCUT2D eigenvalue weighted by molar-refractivity contribution is 0.191. The number of aliphatic hydroxyl groups is 1. The molecular weight excluding hydrogens is 368 g/mol. The molecule has 1 aliphatic heterocycles. The normalized spacial score (nSPS) is 16.0. The summed E-state index contributed by atoms with van der Waals surface area (Å²) in [5.74, 6) is 1.70. The summed E-state index contributed by atoms with van der Waals surface area (Å²) in [5.41, 5.74) is 3.30. The van der Waals surface area contributed by atoms with Crippen LogP contribution >= 0.6 is 11.3 Å². The van der Waals surface area contributed by atoms with Crippen LogP contribution in [0.2, 0.25) is 0 Å². The second-order valence-corrected chi connectivity index (χ2v) is 8.95. The van der Waals surface area contributed by atoms with E-state index in [1.807, 2.05) is 31.2 Å². The Morgan fingerprint density at radius 2 is 1.96 bits per heavy atom. The van der Waals surface area contributed by atoms with Gasteiger partial charge in [-0.15, -0.1) is 11.3 Å². The molecule has 0 amide bonds. The Labute approximate surface area is 170 Å². The zero-order valence-electron chi connectivity index (χ0n) is 16.8. The van der Waals surface area contributed by atoms with Gasteiger partial charge >= 0.3 is 0 Å². The van der Waals surface area contributed by atoms with E-state index >= 15 is 0 Å². The molecule has 1 aliphatic rings. The average Bonchev–Trinajstić information content (AvgIpc) is 3.28. The highest BCUT2D eigenvalue weighted by molar-refractivity contribution is 7.18. The lowest BCUT2D eigenvalue weighted by Crippen LogP contribution is -2.21. The van der Waals surface area contributed by atoms with E-state index in [1.165, 1.54) is 23.3 Å². The molecule has 6 heteroatoms. The van der Waals surface area contributed by atoms with Crippen LogP contribution in [0.15, 0.2) is 24.3 Å². The minimum Gasteiger partial charge on any atom is -0.387 e. The van der Waals surface area contributed by atoms with E-state index in [-0.39, 0.29) is 0 Å². The van der Waals surface area contributed by atoms with Gasteiger partial charge in [0.15, 0.2) is 0 Å². The van der Waals surface area contributed by atoms with E-state index in [4.69, 9.17) is 9.97 Å². The molecule has 4 rings (SSSR count). The molecule has 0 radical (unpaired) electrons. The highest BCUT2D eigenvalue weighted by Crippen LogP contribution is 2.34. The Morgan fingerprint density at radius 3 is 2.71 bits per heavy atom. The van der Waals surface area contributed by atoms with Gasteiger partial charge in [0.05, 0.1) is 18.0 Å². The van der Waals surface area contributed by atoms with Gasteiger partial charge in [0.1, 0.15) is 16.5 Å². The maximum atomic E-state index is 10.6. The van der Waals surface area contributed by atoms with Gasteiger partial charge in [0, 0.05) is 11.4 Å². The molecule has 0 spiro atoms. The number of benzene rings is 1. The fourth-order valence-electron chi connectivity index (χ4n) is 3.82. The highest BCUT2D eigenvalue weighted by Gasteiger charge is 2.19. The van der Waals surface area contributed by atoms with Crippen molar-refractivity contribution in [2.24, 2.45) is 0 Å². The molecule has 5 nitrogen and oxygen atoms in total. The first-order chi connectivity index (χ1) is 13.5. The lowest BCUT2D eigenvalue weighted by Gasteiger charge is -2.17. The second-order valence-electron chi connectivity index (χ2n) is 7.75. The summed E-state index contributed by atoms with van der Waals surface area (Å²) >= 11 is 1.73. The van der Waals surface area contributed by atoms with E-state index < -0.39 is 6.10 Å². The van der Waals surface area contributed by atoms with Gasteiger partial charge in [-0.05, 0) is 57.8 Å². The highest BCUT2D eigenvalue weighted by atomic mass is 32.1. The Morgan fingerprint density at radius 1 is 1.18 bits per heavy atom. The smallest absolute Gasteiger partial charge is 0.146 e. The summed E-state index contributed by atoms with van der Waals surface area (Å²) in [6, 6.07) is 8.02. The first kappa shape index (κ1) is 19.3. The van der Waals surface area contributed by atoms with Crippen molar-refractivity contribution in [3.05, 3.63) is 51.7 Å². The molecule has 2 aromatic heterocycles. The Kier molecular flexibility index (Phi) is 5.62. The maximum Gasteiger partial charge on any atom is 0.146 e. The largest absolute Gasteiger partial charge is 0.387 e. The third kappa shape index (κ3) is 4.04. The minimum absolute atomic E-state index is 0.424. The Bertz CT molecular complexity index is 978. The summed E-state index contributed by atoms with van der Waals surface area (Å²) in [6.07, 6.45) is 1.94. The summed E-state index contributed by atoms with van der Waals surface area (Å²) < 4.78 is 0. The number of nitrogens with one attached hydrogen (secondary N) is 1. The number of aromatic nitrogens is 2. The molecule has 2 N–H and O–H groups in total. The molecule has 148 valence electrons. The zero-order valence-corrected chi connectivity index (χ0v) is 17.6. The molecule has 1 atom stereocenters. The molecule has 3 heterocycles. The van der Waals surface area contributed by atoms with Gasteiger partial charge in [-0.1, -0.05) is 29.8 Å². The fraction of sp³-hybridized carbons (Fsp3) is 0.455. The SMILES string of the molecule is Cc1cccc(C(O)CNc2nc(CN3CCCC3)nc3sc(C)c(C)c23)c1. The zero-order chi connectivity index (χ0) is 19.7. The van der Waals surface area contributed by atoms with E-state index in [2.05, 4.69) is 24.1 Å². The summed E-state index contributed by atoms with van der Waals surface area (Å²) in [5, 5.41) is 15.1. The van der Waals surface area contributed by atoms with E-state index in [1.54, 1.807) is 11.3 Å². The van der Waals surface area contributed by atoms with Crippen molar-refractivity contribution in [1.29, 1.82) is 0 Å². The van der Waals surface area contributed by atoms with Crippen LogP contribution in [0.25, 0.3) is 10.2 Å². The van der Waals surface area contributed by atoms with Crippen LogP contribution in [-0.4, -0.2) is 39.6 Å². The quantitative estimate of drug-likeness (QED) is 0.648. The molecule has 1 saturated heterocycles. The van der Waals surface area contributed by atoms with Gasteiger partial charge < -0.3 is 10.4 Å². The van der Waals surface area contributed by atoms with E-state index in [0.717, 1.165) is 52.6 Å². The van der Waals surface area contributed by atoms with Gasteiger partial charge in [-0.3, -0.25) is 4.90 Å². The van der Waals surface area contributed by atoms with Crippen molar-refractivity contribution >= 4 is 27.4 Å². The number of aliphatic hydroxyl groups excluding tert-OH is 1. The van der Waals surface area contributed by atoms with Crippen LogP contribution < -0.4 is 5.32 Å². The molecule has 1 unspecified atom stereocenters. The van der Waals surface area contributed by atoms with E-state index in [9.17, 15) is 5.11 Å². The number of thiophene rings is 1. The average molecular weight is 397 g/mol. The number of likely N-dealkylation sites (tertiary alicyclic amines) is 1. The van der Waals surface area contributed by atoms with Crippen LogP contribution in [0.1, 0.15) is 46.3 Å². The number of fused-ring (bicyclic) bond motifs is 1. The molecule has 0 bridgehead atoms. The number of hydrogen-bond donors (Lipinski definition) is 2. The molecule has 0 aliphatic carbocycles. The van der Waals surface area contributed by atoms with E-state index in [0.29, 0.717) is 6.54 Å². The minimum atomic E-state index is -0.577. The molecule has 1 fully saturated rings. The number of anilines is 1. The predicted molar refractivity (Wildman–Crippen MR) is 116 cm³/mol. The topological polar surface area (TPSA) is 61.3 Å². The number of nitrogens with zero attached hydrogens (tertiary/aromatic N) is 3. The first-order valence-electron chi connectivity index (χ1n) is 9.98. The van der Waals surface area contributed by atoms with Crippen LogP contribution in [-0.2, 0) is 6.54 Å². The van der Waals surface area contributed by atoms with Gasteiger partial charge in [-0.2, -0.15) is 0 Å². The molecule has 1 aromatic carbocycles. The lowest BCUT2D eigenvalue weighted by atomic mass is 10.1. The van der Waals surface area contributed by atoms with Gasteiger partial charge in [0.25, 0.3) is 0 Å². The number of aryl methyl sites for hydroxylation is 3. The van der Waals surface area contributed by atoms with Crippen LogP contribution in [0.5, 0.6) is 0 Å². The van der Waals surface area contributed by atoms with Crippen LogP contribution in [0.4, 0.5) is 5.82 Å². The van der Waals surface area contributed by atoms with Gasteiger partial charge in [0.2, 0.25) is 0 Å². The standard InChI is InChI=1S/C22H28N4OS/c1-14-7-6-8-17(11-14)18(27)12-23-21-20-15(2)16(3)28-22(20)25-19(24-21)13-26-9-4-5-10-26/h6-8,11,18,27H,4-5,9-10,12-13H2,1-3H3,(H,23,24,25). The number of hydrogen-bond acceptors (Lipinski definition) is 6. The summed E-state index contributed by atoms with van der Waals surface area (Å²) in [6.45, 7) is 9.76. The number of rotatable bonds is 6. The summed E-state index contributed by atoms with van der Waals surface area (Å²) in [7, 11) is 0. The molecule has 28 heavy (non-hydrogen) atoms. The fourth-order valence-corrected chi connectivity index (χ4v) is 4.87.